The van der Waals surface area contributed by atoms with Crippen LogP contribution < -0.4 is 0 Å². The number of carbonyl (C=O) groups excluding carboxylic acids is 1. The van der Waals surface area contributed by atoms with Crippen LogP contribution in [0.4, 0.5) is 4.39 Å². The highest BCUT2D eigenvalue weighted by Gasteiger charge is 2.18. The van der Waals surface area contributed by atoms with E-state index in [4.69, 9.17) is 16.0 Å². The van der Waals surface area contributed by atoms with E-state index in [0.29, 0.717) is 22.8 Å². The van der Waals surface area contributed by atoms with Crippen LogP contribution in [-0.2, 0) is 5.75 Å². The third kappa shape index (κ3) is 4.97. The van der Waals surface area contributed by atoms with Crippen LogP contribution in [0.25, 0.3) is 0 Å². The van der Waals surface area contributed by atoms with Gasteiger partial charge in [-0.2, -0.15) is 0 Å². The first-order valence-corrected chi connectivity index (χ1v) is 9.23. The van der Waals surface area contributed by atoms with Crippen LogP contribution in [0.2, 0.25) is 5.02 Å². The van der Waals surface area contributed by atoms with Gasteiger partial charge >= 0.3 is 0 Å². The molecule has 0 fully saturated rings. The van der Waals surface area contributed by atoms with Gasteiger partial charge in [0.25, 0.3) is 0 Å². The lowest BCUT2D eigenvalue weighted by Crippen LogP contribution is -2.06. The molecule has 0 N–H and O–H groups in total. The van der Waals surface area contributed by atoms with Crippen molar-refractivity contribution in [2.75, 3.05) is 0 Å². The maximum Gasteiger partial charge on any atom is 0.164 e. The third-order valence-electron chi connectivity index (χ3n) is 3.79. The number of rotatable bonds is 7. The standard InChI is InChI=1S/C20H16ClFO2S/c21-16-7-3-14(4-8-16)19(23)12-20(15-5-9-17(22)10-6-15)25-13-18-2-1-11-24-18/h1-11,20H,12-13H2. The highest BCUT2D eigenvalue weighted by Crippen LogP contribution is 2.35. The zero-order valence-corrected chi connectivity index (χ0v) is 14.9. The zero-order chi connectivity index (χ0) is 17.6. The Labute approximate surface area is 155 Å². The molecule has 5 heteroatoms. The number of benzene rings is 2. The van der Waals surface area contributed by atoms with Crippen molar-refractivity contribution >= 4 is 29.1 Å². The molecule has 0 saturated carbocycles. The first kappa shape index (κ1) is 17.8. The molecule has 0 saturated heterocycles. The summed E-state index contributed by atoms with van der Waals surface area (Å²) in [5.41, 5.74) is 1.54. The first-order chi connectivity index (χ1) is 12.1. The van der Waals surface area contributed by atoms with Crippen molar-refractivity contribution in [3.63, 3.8) is 0 Å². The summed E-state index contributed by atoms with van der Waals surface area (Å²) in [6.07, 6.45) is 1.94. The number of ketones is 1. The minimum absolute atomic E-state index is 0.0259. The summed E-state index contributed by atoms with van der Waals surface area (Å²) in [6, 6.07) is 16.9. The van der Waals surface area contributed by atoms with Crippen LogP contribution in [0.5, 0.6) is 0 Å². The van der Waals surface area contributed by atoms with Crippen molar-refractivity contribution in [3.05, 3.63) is 94.7 Å². The highest BCUT2D eigenvalue weighted by molar-refractivity contribution is 7.98. The van der Waals surface area contributed by atoms with Crippen LogP contribution in [0.1, 0.15) is 33.4 Å². The number of hydrogen-bond acceptors (Lipinski definition) is 3. The van der Waals surface area contributed by atoms with Gasteiger partial charge in [0.2, 0.25) is 0 Å². The van der Waals surface area contributed by atoms with E-state index in [1.165, 1.54) is 12.1 Å². The molecule has 0 aliphatic carbocycles. The lowest BCUT2D eigenvalue weighted by atomic mass is 10.0. The molecular weight excluding hydrogens is 359 g/mol. The molecule has 1 aromatic heterocycles. The average Bonchev–Trinajstić information content (AvgIpc) is 3.13. The lowest BCUT2D eigenvalue weighted by Gasteiger charge is -2.16. The van der Waals surface area contributed by atoms with Gasteiger partial charge in [-0.05, 0) is 54.1 Å². The number of halogens is 2. The molecule has 0 amide bonds. The number of hydrogen-bond donors (Lipinski definition) is 0. The summed E-state index contributed by atoms with van der Waals surface area (Å²) in [4.78, 5) is 12.6. The number of thioether (sulfide) groups is 1. The van der Waals surface area contributed by atoms with Crippen LogP contribution in [0, 0.1) is 5.82 Å². The van der Waals surface area contributed by atoms with Gasteiger partial charge in [0.1, 0.15) is 11.6 Å². The van der Waals surface area contributed by atoms with Gasteiger partial charge in [-0.15, -0.1) is 11.8 Å². The molecule has 1 heterocycles. The molecule has 1 unspecified atom stereocenters. The zero-order valence-electron chi connectivity index (χ0n) is 13.3. The van der Waals surface area contributed by atoms with Crippen molar-refractivity contribution in [3.8, 4) is 0 Å². The molecule has 0 radical (unpaired) electrons. The van der Waals surface area contributed by atoms with E-state index in [1.807, 2.05) is 12.1 Å². The summed E-state index contributed by atoms with van der Waals surface area (Å²) in [5, 5.41) is 0.507. The Hall–Kier alpha value is -2.04. The molecule has 0 spiro atoms. The second kappa shape index (κ2) is 8.37. The summed E-state index contributed by atoms with van der Waals surface area (Å²) < 4.78 is 18.6. The molecule has 0 aliphatic rings. The minimum atomic E-state index is -0.289. The Morgan fingerprint density at radius 1 is 1.08 bits per heavy atom. The summed E-state index contributed by atoms with van der Waals surface area (Å²) in [7, 11) is 0. The molecule has 3 rings (SSSR count). The normalized spacial score (nSPS) is 12.1. The van der Waals surface area contributed by atoms with Crippen molar-refractivity contribution in [1.29, 1.82) is 0 Å². The first-order valence-electron chi connectivity index (χ1n) is 7.80. The van der Waals surface area contributed by atoms with Crippen LogP contribution in [0.3, 0.4) is 0 Å². The van der Waals surface area contributed by atoms with Crippen LogP contribution >= 0.6 is 23.4 Å². The monoisotopic (exact) mass is 374 g/mol. The Bertz CT molecular complexity index is 814. The summed E-state index contributed by atoms with van der Waals surface area (Å²) >= 11 is 7.48. The van der Waals surface area contributed by atoms with E-state index in [-0.39, 0.29) is 16.9 Å². The van der Waals surface area contributed by atoms with Gasteiger partial charge in [0.15, 0.2) is 5.78 Å². The average molecular weight is 375 g/mol. The molecule has 3 aromatic rings. The fourth-order valence-corrected chi connectivity index (χ4v) is 3.72. The van der Waals surface area contributed by atoms with E-state index < -0.39 is 0 Å². The number of Topliss-reactive ketones (excluding diaryl/α,β-unsaturated/α-hetero) is 1. The van der Waals surface area contributed by atoms with Crippen LogP contribution in [-0.4, -0.2) is 5.78 Å². The van der Waals surface area contributed by atoms with Crippen LogP contribution in [0.15, 0.2) is 71.3 Å². The Balaban J connectivity index is 1.76. The fourth-order valence-electron chi connectivity index (χ4n) is 2.45. The fraction of sp³-hybridized carbons (Fsp3) is 0.150. The van der Waals surface area contributed by atoms with E-state index in [0.717, 1.165) is 11.3 Å². The van der Waals surface area contributed by atoms with Crippen molar-refractivity contribution < 1.29 is 13.6 Å². The topological polar surface area (TPSA) is 30.2 Å². The Morgan fingerprint density at radius 2 is 1.80 bits per heavy atom. The molecule has 25 heavy (non-hydrogen) atoms. The molecule has 2 aromatic carbocycles. The van der Waals surface area contributed by atoms with Gasteiger partial charge in [0, 0.05) is 22.3 Å². The maximum absolute atomic E-state index is 13.2. The van der Waals surface area contributed by atoms with E-state index in [2.05, 4.69) is 0 Å². The predicted octanol–water partition coefficient (Wildman–Crippen LogP) is 6.32. The molecule has 128 valence electrons. The van der Waals surface area contributed by atoms with Gasteiger partial charge < -0.3 is 4.42 Å². The van der Waals surface area contributed by atoms with E-state index in [1.54, 1.807) is 54.4 Å². The van der Waals surface area contributed by atoms with Crippen molar-refractivity contribution in [2.45, 2.75) is 17.4 Å². The lowest BCUT2D eigenvalue weighted by molar-refractivity contribution is 0.0982. The van der Waals surface area contributed by atoms with Gasteiger partial charge in [-0.3, -0.25) is 4.79 Å². The quantitative estimate of drug-likeness (QED) is 0.453. The molecule has 0 bridgehead atoms. The van der Waals surface area contributed by atoms with Gasteiger partial charge in [-0.1, -0.05) is 23.7 Å². The second-order valence-electron chi connectivity index (χ2n) is 5.56. The molecule has 2 nitrogen and oxygen atoms in total. The van der Waals surface area contributed by atoms with Gasteiger partial charge in [-0.25, -0.2) is 4.39 Å². The SMILES string of the molecule is O=C(CC(SCc1ccco1)c1ccc(F)cc1)c1ccc(Cl)cc1. The summed E-state index contributed by atoms with van der Waals surface area (Å²) in [6.45, 7) is 0. The molecule has 0 aliphatic heterocycles. The van der Waals surface area contributed by atoms with Gasteiger partial charge in [0.05, 0.1) is 12.0 Å². The summed E-state index contributed by atoms with van der Waals surface area (Å²) in [5.74, 6) is 1.22. The van der Waals surface area contributed by atoms with Crippen molar-refractivity contribution in [1.82, 2.24) is 0 Å². The second-order valence-corrected chi connectivity index (χ2v) is 7.19. The van der Waals surface area contributed by atoms with E-state index >= 15 is 0 Å². The largest absolute Gasteiger partial charge is 0.468 e. The predicted molar refractivity (Wildman–Crippen MR) is 99.5 cm³/mol. The van der Waals surface area contributed by atoms with E-state index in [9.17, 15) is 9.18 Å². The third-order valence-corrected chi connectivity index (χ3v) is 5.33. The minimum Gasteiger partial charge on any atom is -0.468 e. The highest BCUT2D eigenvalue weighted by atomic mass is 35.5. The number of carbonyl (C=O) groups is 1. The Morgan fingerprint density at radius 3 is 2.44 bits per heavy atom. The maximum atomic E-state index is 13.2. The molecular formula is C20H16ClFO2S. The molecule has 1 atom stereocenters. The number of furan rings is 1. The van der Waals surface area contributed by atoms with Crippen molar-refractivity contribution in [2.24, 2.45) is 0 Å². The Kier molecular flexibility index (Phi) is 5.95. The smallest absolute Gasteiger partial charge is 0.164 e.